The van der Waals surface area contributed by atoms with Gasteiger partial charge in [-0.3, -0.25) is 4.79 Å². The van der Waals surface area contributed by atoms with Gasteiger partial charge in [0.25, 0.3) is 0 Å². The summed E-state index contributed by atoms with van der Waals surface area (Å²) in [6, 6.07) is -0.698. The van der Waals surface area contributed by atoms with Crippen LogP contribution >= 0.6 is 0 Å². The highest BCUT2D eigenvalue weighted by atomic mass is 32.2. The van der Waals surface area contributed by atoms with Crippen molar-refractivity contribution in [2.75, 3.05) is 12.0 Å². The van der Waals surface area contributed by atoms with Gasteiger partial charge in [0.15, 0.2) is 0 Å². The molecule has 0 aromatic heterocycles. The van der Waals surface area contributed by atoms with E-state index in [1.165, 1.54) is 6.26 Å². The predicted molar refractivity (Wildman–Crippen MR) is 84.6 cm³/mol. The number of fused-ring (bicyclic) bond motifs is 1. The Morgan fingerprint density at radius 1 is 1.22 bits per heavy atom. The summed E-state index contributed by atoms with van der Waals surface area (Å²) in [5.41, 5.74) is -0.444. The van der Waals surface area contributed by atoms with E-state index in [1.54, 1.807) is 4.90 Å². The molecule has 0 aromatic rings. The highest BCUT2D eigenvalue weighted by molar-refractivity contribution is 7.90. The summed E-state index contributed by atoms with van der Waals surface area (Å²) in [4.78, 5) is 26.0. The van der Waals surface area contributed by atoms with E-state index in [-0.39, 0.29) is 24.1 Å². The van der Waals surface area contributed by atoms with Crippen LogP contribution in [-0.2, 0) is 19.4 Å². The Kier molecular flexibility index (Phi) is 4.19. The van der Waals surface area contributed by atoms with Crippen LogP contribution in [0.3, 0.4) is 0 Å². The molecule has 2 aliphatic carbocycles. The fraction of sp³-hybridized carbons (Fsp3) is 0.875. The Balaban J connectivity index is 1.75. The summed E-state index contributed by atoms with van der Waals surface area (Å²) >= 11 is 0. The number of carbonyl (C=O) groups excluding carboxylic acids is 1. The molecular weight excluding hydrogens is 318 g/mol. The maximum Gasteiger partial charge on any atom is 0.326 e. The van der Waals surface area contributed by atoms with Gasteiger partial charge in [-0.1, -0.05) is 12.8 Å². The lowest BCUT2D eigenvalue weighted by molar-refractivity contribution is -0.150. The number of amides is 1. The summed E-state index contributed by atoms with van der Waals surface area (Å²) in [6.45, 7) is 0. The van der Waals surface area contributed by atoms with Crippen molar-refractivity contribution in [3.63, 3.8) is 0 Å². The highest BCUT2D eigenvalue weighted by Gasteiger charge is 2.52. The maximum atomic E-state index is 12.8. The van der Waals surface area contributed by atoms with Crippen LogP contribution < -0.4 is 0 Å². The molecule has 1 saturated heterocycles. The van der Waals surface area contributed by atoms with Crippen LogP contribution in [0.25, 0.3) is 0 Å². The van der Waals surface area contributed by atoms with Crippen molar-refractivity contribution in [3.05, 3.63) is 0 Å². The van der Waals surface area contributed by atoms with Crippen LogP contribution in [0.2, 0.25) is 0 Å². The van der Waals surface area contributed by atoms with Gasteiger partial charge in [-0.25, -0.2) is 13.2 Å². The molecule has 130 valence electrons. The van der Waals surface area contributed by atoms with Crippen molar-refractivity contribution >= 4 is 21.7 Å². The van der Waals surface area contributed by atoms with Gasteiger partial charge in [0.05, 0.1) is 5.75 Å². The zero-order valence-electron chi connectivity index (χ0n) is 13.5. The number of likely N-dealkylation sites (tertiary alicyclic amines) is 1. The van der Waals surface area contributed by atoms with Gasteiger partial charge < -0.3 is 10.0 Å². The van der Waals surface area contributed by atoms with Crippen LogP contribution in [0.5, 0.6) is 0 Å². The first-order valence-corrected chi connectivity index (χ1v) is 10.5. The van der Waals surface area contributed by atoms with Gasteiger partial charge in [0.1, 0.15) is 15.9 Å². The molecule has 1 heterocycles. The molecule has 0 spiro atoms. The van der Waals surface area contributed by atoms with E-state index >= 15 is 0 Å². The second-order valence-corrected chi connectivity index (χ2v) is 9.89. The number of nitrogens with zero attached hydrogens (tertiary/aromatic N) is 1. The van der Waals surface area contributed by atoms with Gasteiger partial charge in [-0.15, -0.1) is 0 Å². The minimum atomic E-state index is -3.13. The molecule has 0 aromatic carbocycles. The molecule has 0 bridgehead atoms. The molecule has 0 unspecified atom stereocenters. The summed E-state index contributed by atoms with van der Waals surface area (Å²) < 4.78 is 23.1. The van der Waals surface area contributed by atoms with E-state index in [2.05, 4.69) is 0 Å². The molecule has 7 heteroatoms. The topological polar surface area (TPSA) is 91.8 Å². The fourth-order valence-electron chi connectivity index (χ4n) is 4.56. The minimum Gasteiger partial charge on any atom is -0.480 e. The van der Waals surface area contributed by atoms with Crippen LogP contribution in [0, 0.1) is 11.3 Å². The quantitative estimate of drug-likeness (QED) is 0.815. The summed E-state index contributed by atoms with van der Waals surface area (Å²) in [6.07, 6.45) is 7.41. The largest absolute Gasteiger partial charge is 0.480 e. The number of rotatable bonds is 5. The molecule has 1 amide bonds. The number of aliphatic carboxylic acids is 1. The minimum absolute atomic E-state index is 0.0331. The van der Waals surface area contributed by atoms with E-state index in [0.29, 0.717) is 12.3 Å². The van der Waals surface area contributed by atoms with Crippen molar-refractivity contribution in [3.8, 4) is 0 Å². The Hall–Kier alpha value is -1.11. The molecule has 3 aliphatic rings. The summed E-state index contributed by atoms with van der Waals surface area (Å²) in [5.74, 6) is -0.765. The molecule has 1 N–H and O–H groups in total. The van der Waals surface area contributed by atoms with Gasteiger partial charge in [0, 0.05) is 18.7 Å². The first-order chi connectivity index (χ1) is 10.7. The molecule has 1 aliphatic heterocycles. The van der Waals surface area contributed by atoms with Gasteiger partial charge in [-0.05, 0) is 43.4 Å². The maximum absolute atomic E-state index is 12.8. The first kappa shape index (κ1) is 16.7. The number of hydrogen-bond donors (Lipinski definition) is 1. The molecule has 0 radical (unpaired) electrons. The Morgan fingerprint density at radius 2 is 1.87 bits per heavy atom. The van der Waals surface area contributed by atoms with Crippen molar-refractivity contribution < 1.29 is 23.1 Å². The standard InChI is InChI=1S/C16H25NO5S/c1-23(21,22)10-16(6-7-16)9-14(18)17-12-5-3-2-4-11(12)8-13(17)15(19)20/h11-13H,2-10H2,1H3,(H,19,20)/t11-,12+,13+/m1/s1. The third-order valence-corrected chi connectivity index (χ3v) is 6.85. The first-order valence-electron chi connectivity index (χ1n) is 8.42. The number of carbonyl (C=O) groups is 2. The lowest BCUT2D eigenvalue weighted by Gasteiger charge is -2.34. The third-order valence-electron chi connectivity index (χ3n) is 5.71. The highest BCUT2D eigenvalue weighted by Crippen LogP contribution is 2.51. The molecule has 3 fully saturated rings. The van der Waals surface area contributed by atoms with E-state index in [0.717, 1.165) is 38.5 Å². The SMILES string of the molecule is CS(=O)(=O)CC1(CC(=O)N2[C@H](C(=O)O)C[C@H]3CCCC[C@@H]32)CC1. The van der Waals surface area contributed by atoms with Gasteiger partial charge in [-0.2, -0.15) is 0 Å². The zero-order chi connectivity index (χ0) is 16.8. The second kappa shape index (κ2) is 5.76. The van der Waals surface area contributed by atoms with Crippen LogP contribution in [0.1, 0.15) is 51.4 Å². The van der Waals surface area contributed by atoms with E-state index in [9.17, 15) is 23.1 Å². The third kappa shape index (κ3) is 3.54. The van der Waals surface area contributed by atoms with E-state index in [1.807, 2.05) is 0 Å². The normalized spacial score (nSPS) is 32.4. The average molecular weight is 343 g/mol. The Bertz CT molecular complexity index is 610. The number of carboxylic acids is 1. The molecule has 2 saturated carbocycles. The van der Waals surface area contributed by atoms with Crippen LogP contribution in [0.4, 0.5) is 0 Å². The Labute approximate surface area is 137 Å². The van der Waals surface area contributed by atoms with E-state index < -0.39 is 27.3 Å². The smallest absolute Gasteiger partial charge is 0.326 e. The molecule has 3 rings (SSSR count). The molecule has 3 atom stereocenters. The van der Waals surface area contributed by atoms with Crippen LogP contribution in [-0.4, -0.2) is 54.4 Å². The van der Waals surface area contributed by atoms with Crippen LogP contribution in [0.15, 0.2) is 0 Å². The predicted octanol–water partition coefficient (Wildman–Crippen LogP) is 1.45. The average Bonchev–Trinajstić information content (AvgIpc) is 3.03. The fourth-order valence-corrected chi connectivity index (χ4v) is 6.06. The van der Waals surface area contributed by atoms with Crippen molar-refractivity contribution in [1.29, 1.82) is 0 Å². The lowest BCUT2D eigenvalue weighted by Crippen LogP contribution is -2.47. The zero-order valence-corrected chi connectivity index (χ0v) is 14.3. The summed E-state index contributed by atoms with van der Waals surface area (Å²) in [5, 5.41) is 9.49. The summed E-state index contributed by atoms with van der Waals surface area (Å²) in [7, 11) is -3.13. The molecule has 23 heavy (non-hydrogen) atoms. The number of hydrogen-bond acceptors (Lipinski definition) is 4. The van der Waals surface area contributed by atoms with Crippen molar-refractivity contribution in [2.24, 2.45) is 11.3 Å². The van der Waals surface area contributed by atoms with Crippen molar-refractivity contribution in [2.45, 2.75) is 63.5 Å². The van der Waals surface area contributed by atoms with Crippen molar-refractivity contribution in [1.82, 2.24) is 4.90 Å². The number of carboxylic acid groups (broad SMARTS) is 1. The molecule has 6 nitrogen and oxygen atoms in total. The monoisotopic (exact) mass is 343 g/mol. The number of sulfone groups is 1. The lowest BCUT2D eigenvalue weighted by atomic mass is 9.84. The Morgan fingerprint density at radius 3 is 2.43 bits per heavy atom. The van der Waals surface area contributed by atoms with Gasteiger partial charge >= 0.3 is 5.97 Å². The van der Waals surface area contributed by atoms with Gasteiger partial charge in [0.2, 0.25) is 5.91 Å². The second-order valence-electron chi connectivity index (χ2n) is 7.75. The molecular formula is C16H25NO5S. The van der Waals surface area contributed by atoms with E-state index in [4.69, 9.17) is 0 Å².